The van der Waals surface area contributed by atoms with Crippen molar-refractivity contribution in [1.29, 1.82) is 0 Å². The van der Waals surface area contributed by atoms with Crippen molar-refractivity contribution in [2.75, 3.05) is 7.05 Å². The maximum Gasteiger partial charge on any atom is 0.251 e. The topological polar surface area (TPSA) is 109 Å². The second kappa shape index (κ2) is 9.60. The van der Waals surface area contributed by atoms with Crippen molar-refractivity contribution in [2.45, 2.75) is 36.9 Å². The molecule has 2 aromatic carbocycles. The van der Waals surface area contributed by atoms with Crippen LogP contribution in [0.5, 0.6) is 0 Å². The van der Waals surface area contributed by atoms with Gasteiger partial charge in [0.1, 0.15) is 5.76 Å². The molecule has 0 bridgehead atoms. The number of carbonyl (C=O) groups is 2. The molecule has 0 spiro atoms. The molecule has 0 unspecified atom stereocenters. The zero-order chi connectivity index (χ0) is 23.4. The SMILES string of the molecule is CNC(=O)c1ccc(S(=O)(=O)N(Cc2ccc(C(=O)NC3CC3)cc2)Cc2ccco2)cc1. The van der Waals surface area contributed by atoms with Gasteiger partial charge in [0.25, 0.3) is 11.8 Å². The van der Waals surface area contributed by atoms with Crippen LogP contribution in [0, 0.1) is 0 Å². The highest BCUT2D eigenvalue weighted by Crippen LogP contribution is 2.23. The average Bonchev–Trinajstić information content (AvgIpc) is 3.49. The van der Waals surface area contributed by atoms with E-state index in [0.29, 0.717) is 16.9 Å². The Balaban J connectivity index is 1.56. The molecule has 1 aliphatic rings. The third-order valence-corrected chi connectivity index (χ3v) is 7.19. The van der Waals surface area contributed by atoms with Crippen molar-refractivity contribution in [3.8, 4) is 0 Å². The van der Waals surface area contributed by atoms with Crippen LogP contribution >= 0.6 is 0 Å². The number of nitrogens with one attached hydrogen (secondary N) is 2. The highest BCUT2D eigenvalue weighted by molar-refractivity contribution is 7.89. The van der Waals surface area contributed by atoms with Crippen molar-refractivity contribution >= 4 is 21.8 Å². The summed E-state index contributed by atoms with van der Waals surface area (Å²) in [7, 11) is -2.38. The number of furan rings is 1. The minimum atomic E-state index is -3.90. The number of hydrogen-bond donors (Lipinski definition) is 2. The van der Waals surface area contributed by atoms with Crippen LogP contribution in [-0.4, -0.2) is 37.6 Å². The summed E-state index contributed by atoms with van der Waals surface area (Å²) < 4.78 is 33.6. The van der Waals surface area contributed by atoms with Gasteiger partial charge in [-0.05, 0) is 66.9 Å². The van der Waals surface area contributed by atoms with E-state index in [4.69, 9.17) is 4.42 Å². The molecule has 172 valence electrons. The third kappa shape index (κ3) is 5.50. The Morgan fingerprint density at radius 1 is 0.939 bits per heavy atom. The molecular weight excluding hydrogens is 442 g/mol. The van der Waals surface area contributed by atoms with Crippen LogP contribution in [0.1, 0.15) is 44.9 Å². The summed E-state index contributed by atoms with van der Waals surface area (Å²) in [5.74, 6) is 0.0820. The molecule has 2 N–H and O–H groups in total. The number of carbonyl (C=O) groups excluding carboxylic acids is 2. The second-order valence-corrected chi connectivity index (χ2v) is 9.84. The largest absolute Gasteiger partial charge is 0.468 e. The van der Waals surface area contributed by atoms with Gasteiger partial charge in [0.05, 0.1) is 17.7 Å². The van der Waals surface area contributed by atoms with Gasteiger partial charge >= 0.3 is 0 Å². The molecule has 0 radical (unpaired) electrons. The molecule has 1 heterocycles. The molecule has 33 heavy (non-hydrogen) atoms. The maximum atomic E-state index is 13.4. The van der Waals surface area contributed by atoms with E-state index in [9.17, 15) is 18.0 Å². The molecule has 9 heteroatoms. The van der Waals surface area contributed by atoms with Crippen molar-refractivity contribution in [1.82, 2.24) is 14.9 Å². The highest BCUT2D eigenvalue weighted by atomic mass is 32.2. The van der Waals surface area contributed by atoms with E-state index in [0.717, 1.165) is 18.4 Å². The first-order valence-corrected chi connectivity index (χ1v) is 12.1. The molecule has 1 fully saturated rings. The molecule has 3 aromatic rings. The number of benzene rings is 2. The van der Waals surface area contributed by atoms with Crippen LogP contribution < -0.4 is 10.6 Å². The van der Waals surface area contributed by atoms with Crippen LogP contribution in [0.4, 0.5) is 0 Å². The summed E-state index contributed by atoms with van der Waals surface area (Å²) in [4.78, 5) is 24.1. The number of rotatable bonds is 9. The fourth-order valence-electron chi connectivity index (χ4n) is 3.34. The van der Waals surface area contributed by atoms with Gasteiger partial charge in [-0.2, -0.15) is 4.31 Å². The molecule has 1 aromatic heterocycles. The minimum absolute atomic E-state index is 0.0381. The van der Waals surface area contributed by atoms with Gasteiger partial charge in [-0.1, -0.05) is 12.1 Å². The van der Waals surface area contributed by atoms with E-state index < -0.39 is 10.0 Å². The average molecular weight is 468 g/mol. The number of amides is 2. The fraction of sp³-hybridized carbons (Fsp3) is 0.250. The van der Waals surface area contributed by atoms with Crippen molar-refractivity contribution in [3.05, 3.63) is 89.4 Å². The smallest absolute Gasteiger partial charge is 0.251 e. The Hall–Kier alpha value is -3.43. The van der Waals surface area contributed by atoms with E-state index in [1.165, 1.54) is 41.9 Å². The molecule has 1 aliphatic carbocycles. The van der Waals surface area contributed by atoms with Crippen LogP contribution in [0.2, 0.25) is 0 Å². The summed E-state index contributed by atoms with van der Waals surface area (Å²) in [5.41, 5.74) is 1.64. The van der Waals surface area contributed by atoms with Gasteiger partial charge in [-0.25, -0.2) is 8.42 Å². The molecular formula is C24H25N3O5S. The summed E-state index contributed by atoms with van der Waals surface area (Å²) in [6.45, 7) is 0.126. The second-order valence-electron chi connectivity index (χ2n) is 7.90. The summed E-state index contributed by atoms with van der Waals surface area (Å²) in [5, 5.41) is 5.45. The Kier molecular flexibility index (Phi) is 6.62. The maximum absolute atomic E-state index is 13.4. The molecule has 1 saturated carbocycles. The Bertz CT molecular complexity index is 1220. The summed E-state index contributed by atoms with van der Waals surface area (Å²) >= 11 is 0. The quantitative estimate of drug-likeness (QED) is 0.503. The first-order chi connectivity index (χ1) is 15.9. The van der Waals surface area contributed by atoms with E-state index >= 15 is 0 Å². The molecule has 0 aliphatic heterocycles. The summed E-state index contributed by atoms with van der Waals surface area (Å²) in [6, 6.07) is 16.4. The Morgan fingerprint density at radius 3 is 2.15 bits per heavy atom. The highest BCUT2D eigenvalue weighted by Gasteiger charge is 2.27. The van der Waals surface area contributed by atoms with Crippen molar-refractivity contribution < 1.29 is 22.4 Å². The number of hydrogen-bond acceptors (Lipinski definition) is 5. The van der Waals surface area contributed by atoms with Gasteiger partial charge in [0, 0.05) is 30.8 Å². The Morgan fingerprint density at radius 2 is 1.58 bits per heavy atom. The summed E-state index contributed by atoms with van der Waals surface area (Å²) in [6.07, 6.45) is 3.51. The third-order valence-electron chi connectivity index (χ3n) is 5.38. The number of nitrogens with zero attached hydrogens (tertiary/aromatic N) is 1. The predicted molar refractivity (Wildman–Crippen MR) is 122 cm³/mol. The van der Waals surface area contributed by atoms with Gasteiger partial charge < -0.3 is 15.1 Å². The minimum Gasteiger partial charge on any atom is -0.468 e. The first kappa shape index (κ1) is 22.8. The van der Waals surface area contributed by atoms with Gasteiger partial charge in [-0.3, -0.25) is 9.59 Å². The fourth-order valence-corrected chi connectivity index (χ4v) is 4.73. The zero-order valence-corrected chi connectivity index (χ0v) is 19.0. The molecule has 2 amide bonds. The lowest BCUT2D eigenvalue weighted by molar-refractivity contribution is 0.0947. The van der Waals surface area contributed by atoms with Gasteiger partial charge in [0.2, 0.25) is 10.0 Å². The van der Waals surface area contributed by atoms with E-state index in [1.54, 1.807) is 36.4 Å². The standard InChI is InChI=1S/C24H25N3O5S/c1-25-23(28)18-8-12-22(13-9-18)33(30,31)27(16-21-3-2-14-32-21)15-17-4-6-19(7-5-17)24(29)26-20-10-11-20/h2-9,12-14,20H,10-11,15-16H2,1H3,(H,25,28)(H,26,29). The van der Waals surface area contributed by atoms with Crippen LogP contribution in [0.15, 0.2) is 76.2 Å². The van der Waals surface area contributed by atoms with Crippen molar-refractivity contribution in [3.63, 3.8) is 0 Å². The van der Waals surface area contributed by atoms with E-state index in [2.05, 4.69) is 10.6 Å². The monoisotopic (exact) mass is 467 g/mol. The lowest BCUT2D eigenvalue weighted by atomic mass is 10.1. The van der Waals surface area contributed by atoms with Crippen LogP contribution in [0.25, 0.3) is 0 Å². The first-order valence-electron chi connectivity index (χ1n) is 10.6. The molecule has 0 atom stereocenters. The normalized spacial score (nSPS) is 13.6. The van der Waals surface area contributed by atoms with Crippen LogP contribution in [-0.2, 0) is 23.1 Å². The Labute approximate surface area is 192 Å². The van der Waals surface area contributed by atoms with Gasteiger partial charge in [-0.15, -0.1) is 0 Å². The van der Waals surface area contributed by atoms with E-state index in [-0.39, 0.29) is 35.8 Å². The number of sulfonamides is 1. The van der Waals surface area contributed by atoms with E-state index in [1.807, 2.05) is 0 Å². The molecule has 0 saturated heterocycles. The van der Waals surface area contributed by atoms with Crippen molar-refractivity contribution in [2.24, 2.45) is 0 Å². The lowest BCUT2D eigenvalue weighted by Crippen LogP contribution is -2.30. The molecule has 8 nitrogen and oxygen atoms in total. The van der Waals surface area contributed by atoms with Gasteiger partial charge in [0.15, 0.2) is 0 Å². The molecule has 4 rings (SSSR count). The lowest BCUT2D eigenvalue weighted by Gasteiger charge is -2.22. The van der Waals surface area contributed by atoms with Crippen LogP contribution in [0.3, 0.4) is 0 Å². The zero-order valence-electron chi connectivity index (χ0n) is 18.2. The predicted octanol–water partition coefficient (Wildman–Crippen LogP) is 2.92.